The van der Waals surface area contributed by atoms with Crippen molar-refractivity contribution in [2.45, 2.75) is 25.7 Å². The predicted molar refractivity (Wildman–Crippen MR) is 95.1 cm³/mol. The van der Waals surface area contributed by atoms with Gasteiger partial charge in [-0.05, 0) is 25.2 Å². The topological polar surface area (TPSA) is 0 Å². The second kappa shape index (κ2) is 9.27. The van der Waals surface area contributed by atoms with Gasteiger partial charge in [-0.1, -0.05) is 25.2 Å². The van der Waals surface area contributed by atoms with Crippen LogP contribution in [0.15, 0.2) is 48.5 Å². The molecule has 2 heterocycles. The molecule has 2 aliphatic heterocycles. The molecule has 2 aromatic carbocycles. The average molecular weight is 358 g/mol. The Bertz CT molecular complexity index is 417. The molecule has 0 saturated carbocycles. The van der Waals surface area contributed by atoms with Crippen LogP contribution in [0.3, 0.4) is 0 Å². The zero-order chi connectivity index (χ0) is 13.6. The molecule has 2 aliphatic rings. The molecule has 120 valence electrons. The first kappa shape index (κ1) is 17.4. The molecule has 2 aromatic rings. The van der Waals surface area contributed by atoms with Gasteiger partial charge in [0.2, 0.25) is 0 Å². The van der Waals surface area contributed by atoms with Crippen LogP contribution in [-0.4, -0.2) is 24.6 Å². The molecule has 0 aliphatic carbocycles. The van der Waals surface area contributed by atoms with E-state index >= 15 is 0 Å². The van der Waals surface area contributed by atoms with Gasteiger partial charge in [0.25, 0.3) is 0 Å². The van der Waals surface area contributed by atoms with Crippen molar-refractivity contribution in [2.75, 3.05) is 24.6 Å². The Morgan fingerprint density at radius 3 is 1.71 bits per heavy atom. The molecule has 2 fully saturated rings. The fraction of sp³-hybridized carbons (Fsp3) is 0.444. The SMILES string of the molecule is [Fe].[cH-]1[cH-][cH-][c-](P2CCCC2)[cH-]1.c1cc[c-](P2CCCC2)c1. The Balaban J connectivity index is 0.000000147. The fourth-order valence-corrected chi connectivity index (χ4v) is 8.19. The van der Waals surface area contributed by atoms with Crippen LogP contribution in [-0.2, 0) is 17.1 Å². The van der Waals surface area contributed by atoms with E-state index < -0.39 is 0 Å². The van der Waals surface area contributed by atoms with Crippen LogP contribution in [0, 0.1) is 0 Å². The van der Waals surface area contributed by atoms with Gasteiger partial charge in [-0.2, -0.15) is 12.1 Å². The maximum atomic E-state index is 2.29. The predicted octanol–water partition coefficient (Wildman–Crippen LogP) is 4.61. The van der Waals surface area contributed by atoms with Gasteiger partial charge in [-0.25, -0.2) is 12.1 Å². The van der Waals surface area contributed by atoms with Crippen LogP contribution in [0.4, 0.5) is 0 Å². The Morgan fingerprint density at radius 1 is 0.714 bits per heavy atom. The van der Waals surface area contributed by atoms with E-state index in [4.69, 9.17) is 0 Å². The first-order chi connectivity index (χ1) is 9.93. The minimum absolute atomic E-state index is 0. The molecule has 0 nitrogen and oxygen atoms in total. The summed E-state index contributed by atoms with van der Waals surface area (Å²) in [5, 5.41) is 3.26. The second-order valence-electron chi connectivity index (χ2n) is 5.67. The van der Waals surface area contributed by atoms with Crippen molar-refractivity contribution >= 4 is 26.5 Å². The van der Waals surface area contributed by atoms with Crippen LogP contribution in [0.5, 0.6) is 0 Å². The van der Waals surface area contributed by atoms with Crippen LogP contribution in [0.2, 0.25) is 0 Å². The molecule has 3 heteroatoms. The van der Waals surface area contributed by atoms with Crippen LogP contribution >= 0.6 is 15.8 Å². The summed E-state index contributed by atoms with van der Waals surface area (Å²) >= 11 is 0. The standard InChI is InChI=1S/2C9H12P.Fe/c2*1-2-6-9(5-1)10-7-3-4-8-10;/h2*1-2,5-6H,3-4,7-8H2;/q-5;-1;. The number of hydrogen-bond acceptors (Lipinski definition) is 0. The van der Waals surface area contributed by atoms with E-state index in [0.29, 0.717) is 15.8 Å². The summed E-state index contributed by atoms with van der Waals surface area (Å²) in [7, 11) is 0.594. The van der Waals surface area contributed by atoms with Gasteiger partial charge in [-0.3, -0.25) is 0 Å². The maximum Gasteiger partial charge on any atom is 0 e. The van der Waals surface area contributed by atoms with Gasteiger partial charge in [0.05, 0.1) is 0 Å². The largest absolute Gasteiger partial charge is 0.747 e. The summed E-state index contributed by atoms with van der Waals surface area (Å²) in [6.07, 6.45) is 11.8. The molecule has 0 atom stereocenters. The van der Waals surface area contributed by atoms with Crippen LogP contribution in [0.1, 0.15) is 25.7 Å². The monoisotopic (exact) mass is 358 g/mol. The molecule has 0 unspecified atom stereocenters. The van der Waals surface area contributed by atoms with E-state index in [1.54, 1.807) is 10.6 Å². The van der Waals surface area contributed by atoms with Gasteiger partial charge in [0.1, 0.15) is 0 Å². The van der Waals surface area contributed by atoms with E-state index in [0.717, 1.165) is 0 Å². The second-order valence-corrected chi connectivity index (χ2v) is 10.7. The van der Waals surface area contributed by atoms with Crippen molar-refractivity contribution < 1.29 is 17.1 Å². The van der Waals surface area contributed by atoms with Crippen molar-refractivity contribution in [2.24, 2.45) is 0 Å². The molecule has 21 heavy (non-hydrogen) atoms. The summed E-state index contributed by atoms with van der Waals surface area (Å²) < 4.78 is 0. The Labute approximate surface area is 142 Å². The summed E-state index contributed by atoms with van der Waals surface area (Å²) in [5.74, 6) is 0. The summed E-state index contributed by atoms with van der Waals surface area (Å²) in [6.45, 7) is 0. The van der Waals surface area contributed by atoms with E-state index in [9.17, 15) is 0 Å². The maximum absolute atomic E-state index is 2.29. The third-order valence-corrected chi connectivity index (χ3v) is 9.71. The van der Waals surface area contributed by atoms with Gasteiger partial charge < -0.3 is 37.5 Å². The summed E-state index contributed by atoms with van der Waals surface area (Å²) in [6, 6.07) is 17.8. The van der Waals surface area contributed by atoms with Crippen molar-refractivity contribution in [3.8, 4) is 0 Å². The molecule has 0 bridgehead atoms. The van der Waals surface area contributed by atoms with Gasteiger partial charge in [-0.15, -0.1) is 13.2 Å². The normalized spacial score (nSPS) is 19.0. The van der Waals surface area contributed by atoms with Gasteiger partial charge >= 0.3 is 0 Å². The molecule has 0 radical (unpaired) electrons. The minimum Gasteiger partial charge on any atom is -0.747 e. The minimum atomic E-state index is 0. The molecule has 0 aromatic heterocycles. The van der Waals surface area contributed by atoms with E-state index in [-0.39, 0.29) is 17.1 Å². The average Bonchev–Trinajstić information content (AvgIpc) is 3.29. The van der Waals surface area contributed by atoms with Crippen molar-refractivity contribution in [1.82, 2.24) is 0 Å². The first-order valence-electron chi connectivity index (χ1n) is 7.87. The molecule has 2 saturated heterocycles. The van der Waals surface area contributed by atoms with Crippen molar-refractivity contribution in [3.63, 3.8) is 0 Å². The third kappa shape index (κ3) is 5.04. The Kier molecular flexibility index (Phi) is 7.70. The van der Waals surface area contributed by atoms with E-state index in [1.807, 2.05) is 0 Å². The zero-order valence-corrected chi connectivity index (χ0v) is 15.4. The molecular formula is C18H24FeP2-6. The first-order valence-corrected chi connectivity index (χ1v) is 11.3. The van der Waals surface area contributed by atoms with Gasteiger partial charge in [0.15, 0.2) is 0 Å². The quantitative estimate of drug-likeness (QED) is 0.418. The van der Waals surface area contributed by atoms with Crippen molar-refractivity contribution in [3.05, 3.63) is 48.5 Å². The smallest absolute Gasteiger partial charge is 0 e. The zero-order valence-electron chi connectivity index (χ0n) is 12.5. The Morgan fingerprint density at radius 2 is 1.19 bits per heavy atom. The molecule has 0 N–H and O–H groups in total. The molecule has 0 amide bonds. The molecule has 4 rings (SSSR count). The van der Waals surface area contributed by atoms with E-state index in [2.05, 4.69) is 48.5 Å². The molecular weight excluding hydrogens is 334 g/mol. The van der Waals surface area contributed by atoms with Crippen LogP contribution < -0.4 is 10.6 Å². The molecule has 0 spiro atoms. The van der Waals surface area contributed by atoms with E-state index in [1.165, 1.54) is 50.3 Å². The summed E-state index contributed by atoms with van der Waals surface area (Å²) in [5.41, 5.74) is 0. The summed E-state index contributed by atoms with van der Waals surface area (Å²) in [4.78, 5) is 0. The number of rotatable bonds is 2. The number of hydrogen-bond donors (Lipinski definition) is 0. The van der Waals surface area contributed by atoms with Gasteiger partial charge in [0, 0.05) is 17.1 Å². The van der Waals surface area contributed by atoms with Crippen LogP contribution in [0.25, 0.3) is 0 Å². The Hall–Kier alpha value is 0.0795. The third-order valence-electron chi connectivity index (χ3n) is 4.23. The fourth-order valence-electron chi connectivity index (χ4n) is 3.10. The van der Waals surface area contributed by atoms with Crippen molar-refractivity contribution in [1.29, 1.82) is 0 Å².